The Bertz CT molecular complexity index is 1380. The van der Waals surface area contributed by atoms with Gasteiger partial charge < -0.3 is 19.4 Å². The first kappa shape index (κ1) is 24.9. The van der Waals surface area contributed by atoms with Crippen molar-refractivity contribution in [3.63, 3.8) is 0 Å². The van der Waals surface area contributed by atoms with Gasteiger partial charge in [0, 0.05) is 10.7 Å². The number of carbonyl (C=O) groups is 2. The van der Waals surface area contributed by atoms with Gasteiger partial charge in [0.05, 0.1) is 36.5 Å². The number of amides is 1. The number of carbonyl (C=O) groups excluding carboxylic acids is 2. The van der Waals surface area contributed by atoms with Crippen molar-refractivity contribution in [1.82, 2.24) is 10.2 Å². The van der Waals surface area contributed by atoms with E-state index in [9.17, 15) is 9.59 Å². The third-order valence-corrected chi connectivity index (χ3v) is 7.14. The molecular weight excluding hydrogens is 510 g/mol. The zero-order chi connectivity index (χ0) is 25.8. The molecule has 2 aliphatic rings. The fourth-order valence-corrected chi connectivity index (χ4v) is 5.31. The third-order valence-electron chi connectivity index (χ3n) is 6.00. The van der Waals surface area contributed by atoms with Crippen LogP contribution < -0.4 is 5.32 Å². The lowest BCUT2D eigenvalue weighted by molar-refractivity contribution is -0.141. The Morgan fingerprint density at radius 2 is 1.89 bits per heavy atom. The normalized spacial score (nSPS) is 16.7. The average molecular weight is 534 g/mol. The molecule has 0 spiro atoms. The van der Waals surface area contributed by atoms with E-state index in [1.165, 1.54) is 11.8 Å². The van der Waals surface area contributed by atoms with Crippen LogP contribution in [0.3, 0.4) is 0 Å². The molecule has 1 amide bonds. The Morgan fingerprint density at radius 3 is 2.62 bits per heavy atom. The number of hydrogen-bond acceptors (Lipinski definition) is 7. The highest BCUT2D eigenvalue weighted by Gasteiger charge is 2.41. The molecule has 2 aliphatic heterocycles. The highest BCUT2D eigenvalue weighted by molar-refractivity contribution is 8.16. The molecule has 0 aliphatic carbocycles. The SMILES string of the molecule is CC1=C(C(=O)OCc2ccccc2)C(c2ccc(Cl)cc2)N2C(CC(=O)NCc3ccco3)=CSC2=N1. The van der Waals surface area contributed by atoms with Gasteiger partial charge in [0.1, 0.15) is 12.4 Å². The van der Waals surface area contributed by atoms with Gasteiger partial charge in [0.2, 0.25) is 5.91 Å². The van der Waals surface area contributed by atoms with E-state index in [0.717, 1.165) is 16.8 Å². The molecule has 37 heavy (non-hydrogen) atoms. The number of esters is 1. The lowest BCUT2D eigenvalue weighted by Gasteiger charge is -2.36. The molecule has 1 aromatic heterocycles. The first-order valence-corrected chi connectivity index (χ1v) is 13.0. The Hall–Kier alpha value is -3.75. The molecule has 5 rings (SSSR count). The Kier molecular flexibility index (Phi) is 7.48. The topological polar surface area (TPSA) is 84.1 Å². The summed E-state index contributed by atoms with van der Waals surface area (Å²) in [7, 11) is 0. The minimum atomic E-state index is -0.521. The second-order valence-electron chi connectivity index (χ2n) is 8.54. The molecule has 0 radical (unpaired) electrons. The number of aliphatic imine (C=N–C) groups is 1. The molecule has 7 nitrogen and oxygen atoms in total. The summed E-state index contributed by atoms with van der Waals surface area (Å²) in [4.78, 5) is 32.9. The van der Waals surface area contributed by atoms with Crippen molar-refractivity contribution < 1.29 is 18.7 Å². The lowest BCUT2D eigenvalue weighted by Crippen LogP contribution is -2.38. The van der Waals surface area contributed by atoms with Crippen LogP contribution in [0.5, 0.6) is 0 Å². The number of ether oxygens (including phenoxy) is 1. The fourth-order valence-electron chi connectivity index (χ4n) is 4.22. The number of nitrogens with zero attached hydrogens (tertiary/aromatic N) is 2. The zero-order valence-corrected chi connectivity index (χ0v) is 21.6. The van der Waals surface area contributed by atoms with Gasteiger partial charge in [0.15, 0.2) is 5.17 Å². The fraction of sp³-hybridized carbons (Fsp3) is 0.179. The van der Waals surface area contributed by atoms with Gasteiger partial charge in [-0.15, -0.1) is 0 Å². The summed E-state index contributed by atoms with van der Waals surface area (Å²) in [5.41, 5.74) is 3.47. The largest absolute Gasteiger partial charge is 0.467 e. The number of halogens is 1. The maximum atomic E-state index is 13.5. The van der Waals surface area contributed by atoms with Crippen molar-refractivity contribution >= 4 is 40.4 Å². The molecule has 3 aromatic rings. The number of nitrogens with one attached hydrogen (secondary N) is 1. The summed E-state index contributed by atoms with van der Waals surface area (Å²) in [5, 5.41) is 6.07. The van der Waals surface area contributed by atoms with Crippen molar-refractivity contribution in [3.8, 4) is 0 Å². The van der Waals surface area contributed by atoms with Crippen LogP contribution in [0.25, 0.3) is 0 Å². The van der Waals surface area contributed by atoms with E-state index in [4.69, 9.17) is 25.7 Å². The number of hydrogen-bond donors (Lipinski definition) is 1. The number of furan rings is 1. The molecular formula is C28H24ClN3O4S. The number of benzene rings is 2. The third kappa shape index (κ3) is 5.65. The van der Waals surface area contributed by atoms with Crippen LogP contribution in [0.2, 0.25) is 5.02 Å². The van der Waals surface area contributed by atoms with Crippen LogP contribution in [0.15, 0.2) is 105 Å². The second kappa shape index (κ2) is 11.1. The molecule has 1 unspecified atom stereocenters. The lowest BCUT2D eigenvalue weighted by atomic mass is 9.94. The first-order valence-electron chi connectivity index (χ1n) is 11.7. The van der Waals surface area contributed by atoms with Gasteiger partial charge >= 0.3 is 5.97 Å². The van der Waals surface area contributed by atoms with Gasteiger partial charge in [-0.2, -0.15) is 0 Å². The molecule has 188 valence electrons. The maximum absolute atomic E-state index is 13.5. The van der Waals surface area contributed by atoms with E-state index < -0.39 is 12.0 Å². The van der Waals surface area contributed by atoms with E-state index in [1.807, 2.05) is 52.8 Å². The summed E-state index contributed by atoms with van der Waals surface area (Å²) >= 11 is 7.59. The van der Waals surface area contributed by atoms with Crippen molar-refractivity contribution in [3.05, 3.63) is 117 Å². The monoisotopic (exact) mass is 533 g/mol. The van der Waals surface area contributed by atoms with E-state index >= 15 is 0 Å². The van der Waals surface area contributed by atoms with Crippen LogP contribution in [0.1, 0.15) is 36.3 Å². The summed E-state index contributed by atoms with van der Waals surface area (Å²) < 4.78 is 11.0. The first-order chi connectivity index (χ1) is 18.0. The molecule has 2 aromatic carbocycles. The van der Waals surface area contributed by atoms with Crippen LogP contribution in [0, 0.1) is 0 Å². The Labute approximate surface area is 223 Å². The Morgan fingerprint density at radius 1 is 1.11 bits per heavy atom. The van der Waals surface area contributed by atoms with E-state index in [2.05, 4.69) is 5.32 Å². The summed E-state index contributed by atoms with van der Waals surface area (Å²) in [6.07, 6.45) is 1.68. The van der Waals surface area contributed by atoms with Gasteiger partial charge in [-0.25, -0.2) is 9.79 Å². The predicted octanol–water partition coefficient (Wildman–Crippen LogP) is 5.96. The van der Waals surface area contributed by atoms with Crippen LogP contribution >= 0.6 is 23.4 Å². The minimum absolute atomic E-state index is 0.113. The Balaban J connectivity index is 1.41. The van der Waals surface area contributed by atoms with Gasteiger partial charge in [-0.3, -0.25) is 4.79 Å². The molecule has 1 N–H and O–H groups in total. The number of thioether (sulfide) groups is 1. The molecule has 9 heteroatoms. The van der Waals surface area contributed by atoms with Crippen molar-refractivity contribution in [1.29, 1.82) is 0 Å². The van der Waals surface area contributed by atoms with E-state index in [0.29, 0.717) is 33.8 Å². The van der Waals surface area contributed by atoms with E-state index in [-0.39, 0.29) is 18.9 Å². The predicted molar refractivity (Wildman–Crippen MR) is 143 cm³/mol. The molecule has 0 saturated heterocycles. The standard InChI is InChI=1S/C28H24ClN3O4S/c1-18-25(27(34)36-16-19-6-3-2-4-7-19)26(20-9-11-21(29)12-10-20)32-22(17-37-28(32)31-18)14-24(33)30-15-23-8-5-13-35-23/h2-13,17,26H,14-16H2,1H3,(H,30,33). The van der Waals surface area contributed by atoms with E-state index in [1.54, 1.807) is 37.5 Å². The van der Waals surface area contributed by atoms with Crippen LogP contribution in [-0.2, 0) is 27.5 Å². The van der Waals surface area contributed by atoms with Gasteiger partial charge in [-0.1, -0.05) is 65.8 Å². The second-order valence-corrected chi connectivity index (χ2v) is 9.81. The zero-order valence-electron chi connectivity index (χ0n) is 20.0. The van der Waals surface area contributed by atoms with Crippen LogP contribution in [0.4, 0.5) is 0 Å². The highest BCUT2D eigenvalue weighted by atomic mass is 35.5. The maximum Gasteiger partial charge on any atom is 0.338 e. The highest BCUT2D eigenvalue weighted by Crippen LogP contribution is 2.45. The number of amidine groups is 1. The molecule has 0 fully saturated rings. The summed E-state index contributed by atoms with van der Waals surface area (Å²) in [6, 6.07) is 19.9. The number of rotatable bonds is 8. The quantitative estimate of drug-likeness (QED) is 0.360. The molecule has 1 atom stereocenters. The minimum Gasteiger partial charge on any atom is -0.467 e. The molecule has 0 saturated carbocycles. The smallest absolute Gasteiger partial charge is 0.338 e. The number of fused-ring (bicyclic) bond motifs is 1. The summed E-state index contributed by atoms with van der Waals surface area (Å²) in [6.45, 7) is 2.25. The van der Waals surface area contributed by atoms with Crippen molar-refractivity contribution in [2.24, 2.45) is 4.99 Å². The van der Waals surface area contributed by atoms with Crippen LogP contribution in [-0.4, -0.2) is 21.9 Å². The van der Waals surface area contributed by atoms with Crippen molar-refractivity contribution in [2.75, 3.05) is 0 Å². The molecule has 0 bridgehead atoms. The molecule has 3 heterocycles. The number of allylic oxidation sites excluding steroid dienone is 1. The summed E-state index contributed by atoms with van der Waals surface area (Å²) in [5.74, 6) is 0.0471. The average Bonchev–Trinajstić information content (AvgIpc) is 3.57. The van der Waals surface area contributed by atoms with Crippen molar-refractivity contribution in [2.45, 2.75) is 32.5 Å². The van der Waals surface area contributed by atoms with Gasteiger partial charge in [0.25, 0.3) is 0 Å². The van der Waals surface area contributed by atoms with Gasteiger partial charge in [-0.05, 0) is 47.7 Å².